The third-order valence-corrected chi connectivity index (χ3v) is 7.59. The van der Waals surface area contributed by atoms with Gasteiger partial charge in [-0.15, -0.1) is 0 Å². The Hall–Kier alpha value is -5.08. The number of oxazole rings is 1. The third kappa shape index (κ3) is 5.84. The average Bonchev–Trinajstić information content (AvgIpc) is 3.65. The average molecular weight is 567 g/mol. The van der Waals surface area contributed by atoms with Gasteiger partial charge in [-0.05, 0) is 73.8 Å². The maximum Gasteiger partial charge on any atom is 0.335 e. The highest BCUT2D eigenvalue weighted by Crippen LogP contribution is 2.31. The maximum absolute atomic E-state index is 14.2. The van der Waals surface area contributed by atoms with Crippen molar-refractivity contribution in [1.82, 2.24) is 24.4 Å². The van der Waals surface area contributed by atoms with Gasteiger partial charge in [-0.3, -0.25) is 4.90 Å². The highest BCUT2D eigenvalue weighted by molar-refractivity contribution is 5.92. The summed E-state index contributed by atoms with van der Waals surface area (Å²) in [4.78, 5) is 27.3. The number of aromatic nitrogens is 4. The van der Waals surface area contributed by atoms with Gasteiger partial charge in [0.25, 0.3) is 0 Å². The minimum absolute atomic E-state index is 0.0227. The largest absolute Gasteiger partial charge is 0.478 e. The Morgan fingerprint density at radius 1 is 1.10 bits per heavy atom. The van der Waals surface area contributed by atoms with E-state index in [1.165, 1.54) is 12.3 Å². The lowest BCUT2D eigenvalue weighted by Crippen LogP contribution is -2.33. The summed E-state index contributed by atoms with van der Waals surface area (Å²) in [6.45, 7) is 2.68. The molecule has 1 aliphatic rings. The number of carbonyl (C=O) groups is 1. The zero-order valence-electron chi connectivity index (χ0n) is 22.6. The van der Waals surface area contributed by atoms with Gasteiger partial charge in [0.1, 0.15) is 31.1 Å². The van der Waals surface area contributed by atoms with Crippen LogP contribution in [0.5, 0.6) is 5.88 Å². The van der Waals surface area contributed by atoms with E-state index in [-0.39, 0.29) is 17.7 Å². The van der Waals surface area contributed by atoms with Gasteiger partial charge in [-0.2, -0.15) is 5.26 Å². The van der Waals surface area contributed by atoms with Crippen LogP contribution in [-0.2, 0) is 19.7 Å². The van der Waals surface area contributed by atoms with E-state index < -0.39 is 11.8 Å². The molecule has 0 aliphatic carbocycles. The molecule has 4 heterocycles. The topological polar surface area (TPSA) is 130 Å². The molecule has 0 radical (unpaired) electrons. The van der Waals surface area contributed by atoms with Gasteiger partial charge in [0.15, 0.2) is 0 Å². The number of piperidine rings is 1. The summed E-state index contributed by atoms with van der Waals surface area (Å²) in [7, 11) is 0. The van der Waals surface area contributed by atoms with Crippen LogP contribution in [-0.4, -0.2) is 48.6 Å². The van der Waals surface area contributed by atoms with Gasteiger partial charge in [-0.25, -0.2) is 24.1 Å². The van der Waals surface area contributed by atoms with Crippen molar-refractivity contribution in [3.8, 4) is 11.9 Å². The minimum atomic E-state index is -0.990. The van der Waals surface area contributed by atoms with E-state index in [4.69, 9.17) is 19.4 Å². The van der Waals surface area contributed by atoms with Crippen molar-refractivity contribution < 1.29 is 23.4 Å². The van der Waals surface area contributed by atoms with Crippen LogP contribution in [0.2, 0.25) is 0 Å². The number of benzene rings is 2. The lowest BCUT2D eigenvalue weighted by Gasteiger charge is -2.32. The van der Waals surface area contributed by atoms with Gasteiger partial charge in [0, 0.05) is 17.8 Å². The molecule has 2 aromatic carbocycles. The molecule has 10 nitrogen and oxygen atoms in total. The first-order valence-corrected chi connectivity index (χ1v) is 13.6. The fourth-order valence-electron chi connectivity index (χ4n) is 5.34. The molecule has 1 aliphatic heterocycles. The molecular weight excluding hydrogens is 539 g/mol. The van der Waals surface area contributed by atoms with Crippen LogP contribution in [0.3, 0.4) is 0 Å². The van der Waals surface area contributed by atoms with Gasteiger partial charge in [0.05, 0.1) is 41.0 Å². The summed E-state index contributed by atoms with van der Waals surface area (Å²) in [6, 6.07) is 15.1. The number of carboxylic acids is 1. The smallest absolute Gasteiger partial charge is 0.335 e. The second-order valence-electron chi connectivity index (χ2n) is 10.2. The van der Waals surface area contributed by atoms with Crippen LogP contribution in [0.25, 0.3) is 11.0 Å². The standard InChI is InChI=1S/C31H27FN6O4/c32-25-13-20(16-33)1-2-24(25)19-42-29-15-22(5-8-34-29)21-6-10-37(11-7-21)17-28-36-26-4-3-23(31(39)40)14-27(26)38(28)18-30-35-9-12-41-30/h1-5,8-9,12-15,21H,6-7,10-11,17-19H2,(H,39,40). The normalized spacial score (nSPS) is 14.2. The minimum Gasteiger partial charge on any atom is -0.478 e. The number of nitriles is 1. The zero-order chi connectivity index (χ0) is 29.1. The number of fused-ring (bicyclic) bond motifs is 1. The first-order valence-electron chi connectivity index (χ1n) is 13.6. The van der Waals surface area contributed by atoms with Crippen molar-refractivity contribution in [3.05, 3.63) is 107 Å². The fraction of sp³-hybridized carbons (Fsp3) is 0.258. The van der Waals surface area contributed by atoms with Gasteiger partial charge < -0.3 is 18.8 Å². The van der Waals surface area contributed by atoms with E-state index in [0.29, 0.717) is 36.3 Å². The Bertz CT molecular complexity index is 1770. The van der Waals surface area contributed by atoms with Crippen molar-refractivity contribution in [2.75, 3.05) is 13.1 Å². The van der Waals surface area contributed by atoms with Gasteiger partial charge in [0.2, 0.25) is 11.8 Å². The molecule has 212 valence electrons. The molecule has 0 spiro atoms. The highest BCUT2D eigenvalue weighted by atomic mass is 19.1. The van der Waals surface area contributed by atoms with E-state index >= 15 is 0 Å². The first-order chi connectivity index (χ1) is 20.5. The number of rotatable bonds is 9. The molecule has 0 saturated carbocycles. The van der Waals surface area contributed by atoms with Crippen LogP contribution in [0.15, 0.2) is 71.6 Å². The van der Waals surface area contributed by atoms with Crippen molar-refractivity contribution >= 4 is 17.0 Å². The summed E-state index contributed by atoms with van der Waals surface area (Å²) in [5, 5.41) is 18.4. The number of hydrogen-bond acceptors (Lipinski definition) is 8. The molecule has 1 fully saturated rings. The maximum atomic E-state index is 14.2. The Morgan fingerprint density at radius 2 is 1.95 bits per heavy atom. The van der Waals surface area contributed by atoms with Crippen molar-refractivity contribution in [1.29, 1.82) is 5.26 Å². The fourth-order valence-corrected chi connectivity index (χ4v) is 5.34. The van der Waals surface area contributed by atoms with Crippen molar-refractivity contribution in [2.24, 2.45) is 0 Å². The number of nitrogens with zero attached hydrogens (tertiary/aromatic N) is 6. The summed E-state index contributed by atoms with van der Waals surface area (Å²) in [5.74, 6) is 0.623. The number of pyridine rings is 1. The quantitative estimate of drug-likeness (QED) is 0.258. The Kier molecular flexibility index (Phi) is 7.62. The monoisotopic (exact) mass is 566 g/mol. The van der Waals surface area contributed by atoms with E-state index in [1.807, 2.05) is 22.8 Å². The zero-order valence-corrected chi connectivity index (χ0v) is 22.6. The van der Waals surface area contributed by atoms with Crippen molar-refractivity contribution in [2.45, 2.75) is 38.5 Å². The van der Waals surface area contributed by atoms with E-state index in [1.54, 1.807) is 42.7 Å². The first kappa shape index (κ1) is 27.1. The molecule has 0 atom stereocenters. The number of hydrogen-bond donors (Lipinski definition) is 1. The van der Waals surface area contributed by atoms with E-state index in [0.717, 1.165) is 48.4 Å². The number of aromatic carboxylic acids is 1. The Morgan fingerprint density at radius 3 is 2.69 bits per heavy atom. The number of likely N-dealkylation sites (tertiary alicyclic amines) is 1. The predicted octanol–water partition coefficient (Wildman–Crippen LogP) is 5.14. The molecule has 0 amide bonds. The summed E-state index contributed by atoms with van der Waals surface area (Å²) < 4.78 is 27.5. The molecule has 1 saturated heterocycles. The molecule has 5 aromatic rings. The summed E-state index contributed by atoms with van der Waals surface area (Å²) in [5.41, 5.74) is 3.40. The number of carboxylic acid groups (broad SMARTS) is 1. The van der Waals surface area contributed by atoms with Crippen LogP contribution in [0.1, 0.15) is 57.5 Å². The molecule has 6 rings (SSSR count). The molecule has 42 heavy (non-hydrogen) atoms. The number of halogens is 1. The van der Waals surface area contributed by atoms with Crippen LogP contribution < -0.4 is 4.74 Å². The second-order valence-corrected chi connectivity index (χ2v) is 10.2. The van der Waals surface area contributed by atoms with Crippen molar-refractivity contribution in [3.63, 3.8) is 0 Å². The molecule has 3 aromatic heterocycles. The van der Waals surface area contributed by atoms with Crippen LogP contribution >= 0.6 is 0 Å². The summed E-state index contributed by atoms with van der Waals surface area (Å²) >= 11 is 0. The molecule has 0 bridgehead atoms. The molecule has 11 heteroatoms. The lowest BCUT2D eigenvalue weighted by molar-refractivity contribution is 0.0697. The lowest BCUT2D eigenvalue weighted by atomic mass is 9.90. The Balaban J connectivity index is 1.12. The number of imidazole rings is 1. The molecule has 1 N–H and O–H groups in total. The van der Waals surface area contributed by atoms with Gasteiger partial charge >= 0.3 is 5.97 Å². The van der Waals surface area contributed by atoms with Crippen LogP contribution in [0, 0.1) is 17.1 Å². The molecule has 0 unspecified atom stereocenters. The number of ether oxygens (including phenoxy) is 1. The highest BCUT2D eigenvalue weighted by Gasteiger charge is 2.24. The van der Waals surface area contributed by atoms with E-state index in [2.05, 4.69) is 14.9 Å². The van der Waals surface area contributed by atoms with Gasteiger partial charge in [-0.1, -0.05) is 6.07 Å². The summed E-state index contributed by atoms with van der Waals surface area (Å²) in [6.07, 6.45) is 6.67. The second kappa shape index (κ2) is 11.8. The van der Waals surface area contributed by atoms with E-state index in [9.17, 15) is 14.3 Å². The third-order valence-electron chi connectivity index (χ3n) is 7.59. The SMILES string of the molecule is N#Cc1ccc(COc2cc(C3CCN(Cc4nc5ccc(C(=O)O)cc5n4Cc4ncco4)CC3)ccn2)c(F)c1. The van der Waals surface area contributed by atoms with Crippen LogP contribution in [0.4, 0.5) is 4.39 Å². The Labute approximate surface area is 240 Å². The predicted molar refractivity (Wildman–Crippen MR) is 149 cm³/mol. The molecular formula is C31H27FN6O4.